The zero-order valence-corrected chi connectivity index (χ0v) is 10.6. The maximum absolute atomic E-state index is 11.4. The molecule has 1 saturated carbocycles. The van der Waals surface area contributed by atoms with Crippen LogP contribution in [0.15, 0.2) is 21.7 Å². The maximum atomic E-state index is 11.4. The number of aromatic nitrogens is 1. The van der Waals surface area contributed by atoms with Crippen LogP contribution in [0.5, 0.6) is 0 Å². The SMILES string of the molecule is O=c1c(Br)cn(CCNC2CC2)cc1[N+](=O)[O-]. The predicted molar refractivity (Wildman–Crippen MR) is 66.1 cm³/mol. The molecule has 0 aliphatic heterocycles. The summed E-state index contributed by atoms with van der Waals surface area (Å²) >= 11 is 3.04. The van der Waals surface area contributed by atoms with Gasteiger partial charge in [0, 0.05) is 25.3 Å². The van der Waals surface area contributed by atoms with E-state index in [1.54, 1.807) is 10.8 Å². The topological polar surface area (TPSA) is 77.2 Å². The van der Waals surface area contributed by atoms with Crippen molar-refractivity contribution in [3.8, 4) is 0 Å². The molecule has 0 aromatic carbocycles. The van der Waals surface area contributed by atoms with Crippen molar-refractivity contribution in [2.75, 3.05) is 6.54 Å². The fourth-order valence-corrected chi connectivity index (χ4v) is 1.99. The van der Waals surface area contributed by atoms with Gasteiger partial charge < -0.3 is 9.88 Å². The zero-order valence-electron chi connectivity index (χ0n) is 9.06. The van der Waals surface area contributed by atoms with Gasteiger partial charge >= 0.3 is 5.69 Å². The molecular weight excluding hydrogens is 290 g/mol. The van der Waals surface area contributed by atoms with Crippen molar-refractivity contribution in [3.63, 3.8) is 0 Å². The van der Waals surface area contributed by atoms with Crippen LogP contribution in [-0.2, 0) is 6.54 Å². The van der Waals surface area contributed by atoms with Gasteiger partial charge in [-0.25, -0.2) is 0 Å². The fourth-order valence-electron chi connectivity index (χ4n) is 1.52. The van der Waals surface area contributed by atoms with E-state index in [4.69, 9.17) is 0 Å². The third kappa shape index (κ3) is 3.13. The largest absolute Gasteiger partial charge is 0.346 e. The molecule has 1 N–H and O–H groups in total. The van der Waals surface area contributed by atoms with E-state index in [1.807, 2.05) is 0 Å². The second-order valence-electron chi connectivity index (χ2n) is 4.04. The standard InChI is InChI=1S/C10H12BrN3O3/c11-8-5-13(4-3-12-7-1-2-7)6-9(10(8)15)14(16)17/h5-7,12H,1-4H2. The predicted octanol–water partition coefficient (Wildman–Crippen LogP) is 1.27. The molecule has 1 aromatic rings. The average molecular weight is 302 g/mol. The van der Waals surface area contributed by atoms with Gasteiger partial charge in [-0.05, 0) is 28.8 Å². The van der Waals surface area contributed by atoms with E-state index in [2.05, 4.69) is 21.2 Å². The Labute approximate surface area is 106 Å². The van der Waals surface area contributed by atoms with Gasteiger partial charge in [-0.3, -0.25) is 14.9 Å². The molecule has 1 aromatic heterocycles. The third-order valence-corrected chi connectivity index (χ3v) is 3.16. The van der Waals surface area contributed by atoms with Crippen LogP contribution in [0.4, 0.5) is 5.69 Å². The number of nitrogens with zero attached hydrogens (tertiary/aromatic N) is 2. The Morgan fingerprint density at radius 3 is 2.82 bits per heavy atom. The van der Waals surface area contributed by atoms with Crippen molar-refractivity contribution < 1.29 is 4.92 Å². The Balaban J connectivity index is 2.10. The first kappa shape index (κ1) is 12.3. The highest BCUT2D eigenvalue weighted by Crippen LogP contribution is 2.18. The molecule has 6 nitrogen and oxygen atoms in total. The molecule has 0 radical (unpaired) electrons. The maximum Gasteiger partial charge on any atom is 0.333 e. The molecular formula is C10H12BrN3O3. The van der Waals surface area contributed by atoms with Gasteiger partial charge in [0.2, 0.25) is 0 Å². The number of hydrogen-bond donors (Lipinski definition) is 1. The minimum atomic E-state index is -0.655. The van der Waals surface area contributed by atoms with E-state index in [-0.39, 0.29) is 4.47 Å². The number of pyridine rings is 1. The van der Waals surface area contributed by atoms with E-state index < -0.39 is 16.0 Å². The second-order valence-corrected chi connectivity index (χ2v) is 4.90. The lowest BCUT2D eigenvalue weighted by Gasteiger charge is -2.07. The molecule has 1 heterocycles. The van der Waals surface area contributed by atoms with Crippen molar-refractivity contribution in [1.29, 1.82) is 0 Å². The van der Waals surface area contributed by atoms with Crippen LogP contribution in [0.1, 0.15) is 12.8 Å². The lowest BCUT2D eigenvalue weighted by atomic mass is 10.4. The highest BCUT2D eigenvalue weighted by molar-refractivity contribution is 9.10. The fraction of sp³-hybridized carbons (Fsp3) is 0.500. The van der Waals surface area contributed by atoms with Gasteiger partial charge in [-0.1, -0.05) is 0 Å². The Bertz CT molecular complexity index is 496. The summed E-state index contributed by atoms with van der Waals surface area (Å²) in [7, 11) is 0. The van der Waals surface area contributed by atoms with Gasteiger partial charge in [0.05, 0.1) is 15.6 Å². The van der Waals surface area contributed by atoms with E-state index in [1.165, 1.54) is 19.0 Å². The summed E-state index contributed by atoms with van der Waals surface area (Å²) in [5, 5.41) is 14.0. The number of nitro groups is 1. The quantitative estimate of drug-likeness (QED) is 0.656. The van der Waals surface area contributed by atoms with Gasteiger partial charge in [0.1, 0.15) is 0 Å². The molecule has 1 aliphatic carbocycles. The Morgan fingerprint density at radius 1 is 1.53 bits per heavy atom. The Kier molecular flexibility index (Phi) is 3.58. The molecule has 1 aliphatic rings. The van der Waals surface area contributed by atoms with Crippen LogP contribution in [-0.4, -0.2) is 22.1 Å². The number of nitrogens with one attached hydrogen (secondary N) is 1. The molecule has 7 heteroatoms. The molecule has 2 rings (SSSR count). The Hall–Kier alpha value is -1.21. The van der Waals surface area contributed by atoms with Gasteiger partial charge in [0.25, 0.3) is 5.43 Å². The zero-order chi connectivity index (χ0) is 12.4. The summed E-state index contributed by atoms with van der Waals surface area (Å²) in [6.45, 7) is 1.35. The lowest BCUT2D eigenvalue weighted by Crippen LogP contribution is -2.23. The van der Waals surface area contributed by atoms with Crippen molar-refractivity contribution >= 4 is 21.6 Å². The molecule has 0 amide bonds. The molecule has 0 spiro atoms. The van der Waals surface area contributed by atoms with E-state index in [0.717, 1.165) is 6.54 Å². The molecule has 0 bridgehead atoms. The number of rotatable bonds is 5. The van der Waals surface area contributed by atoms with E-state index >= 15 is 0 Å². The molecule has 0 saturated heterocycles. The smallest absolute Gasteiger partial charge is 0.333 e. The molecule has 0 unspecified atom stereocenters. The molecule has 17 heavy (non-hydrogen) atoms. The first-order valence-electron chi connectivity index (χ1n) is 5.35. The van der Waals surface area contributed by atoms with Gasteiger partial charge in [-0.2, -0.15) is 0 Å². The lowest BCUT2D eigenvalue weighted by molar-refractivity contribution is -0.386. The molecule has 92 valence electrons. The normalized spacial score (nSPS) is 14.9. The van der Waals surface area contributed by atoms with Crippen molar-refractivity contribution in [3.05, 3.63) is 37.2 Å². The summed E-state index contributed by atoms with van der Waals surface area (Å²) in [6, 6.07) is 0.604. The summed E-state index contributed by atoms with van der Waals surface area (Å²) < 4.78 is 1.87. The third-order valence-electron chi connectivity index (χ3n) is 2.59. The van der Waals surface area contributed by atoms with Gasteiger partial charge in [-0.15, -0.1) is 0 Å². The van der Waals surface area contributed by atoms with Crippen LogP contribution >= 0.6 is 15.9 Å². The minimum Gasteiger partial charge on any atom is -0.346 e. The Morgan fingerprint density at radius 2 is 2.24 bits per heavy atom. The number of hydrogen-bond acceptors (Lipinski definition) is 4. The summed E-state index contributed by atoms with van der Waals surface area (Å²) in [5.74, 6) is 0. The monoisotopic (exact) mass is 301 g/mol. The van der Waals surface area contributed by atoms with E-state index in [0.29, 0.717) is 12.6 Å². The summed E-state index contributed by atoms with van der Waals surface area (Å²) in [4.78, 5) is 21.5. The van der Waals surface area contributed by atoms with Crippen LogP contribution in [0, 0.1) is 10.1 Å². The first-order valence-corrected chi connectivity index (χ1v) is 6.14. The second kappa shape index (κ2) is 4.97. The van der Waals surface area contributed by atoms with Crippen molar-refractivity contribution in [2.24, 2.45) is 0 Å². The van der Waals surface area contributed by atoms with Crippen LogP contribution < -0.4 is 10.7 Å². The molecule has 0 atom stereocenters. The summed E-state index contributed by atoms with van der Waals surface area (Å²) in [6.07, 6.45) is 5.26. The van der Waals surface area contributed by atoms with Gasteiger partial charge in [0.15, 0.2) is 0 Å². The van der Waals surface area contributed by atoms with E-state index in [9.17, 15) is 14.9 Å². The average Bonchev–Trinajstić information content (AvgIpc) is 3.06. The highest BCUT2D eigenvalue weighted by Gasteiger charge is 2.20. The summed E-state index contributed by atoms with van der Waals surface area (Å²) in [5.41, 5.74) is -0.979. The highest BCUT2D eigenvalue weighted by atomic mass is 79.9. The van der Waals surface area contributed by atoms with Crippen molar-refractivity contribution in [1.82, 2.24) is 9.88 Å². The van der Waals surface area contributed by atoms with Crippen LogP contribution in [0.2, 0.25) is 0 Å². The van der Waals surface area contributed by atoms with Crippen LogP contribution in [0.25, 0.3) is 0 Å². The van der Waals surface area contributed by atoms with Crippen LogP contribution in [0.3, 0.4) is 0 Å². The number of halogens is 1. The van der Waals surface area contributed by atoms with Crippen molar-refractivity contribution in [2.45, 2.75) is 25.4 Å². The minimum absolute atomic E-state index is 0.220. The first-order chi connectivity index (χ1) is 8.08. The molecule has 1 fully saturated rings.